The maximum Gasteiger partial charge on any atom is 0.416 e. The van der Waals surface area contributed by atoms with Crippen LogP contribution in [0.15, 0.2) is 24.3 Å². The fraction of sp³-hybridized carbons (Fsp3) is 0.571. The number of nitrogens with two attached hydrogens (primary N) is 1. The molecule has 19 heavy (non-hydrogen) atoms. The smallest absolute Gasteiger partial charge is 0.380 e. The van der Waals surface area contributed by atoms with Crippen LogP contribution in [-0.2, 0) is 17.3 Å². The number of hydrogen-bond acceptors (Lipinski definition) is 2. The van der Waals surface area contributed by atoms with Crippen LogP contribution in [0.25, 0.3) is 0 Å². The Morgan fingerprint density at radius 2 is 2.05 bits per heavy atom. The van der Waals surface area contributed by atoms with Gasteiger partial charge in [0.25, 0.3) is 0 Å². The maximum atomic E-state index is 12.6. The van der Waals surface area contributed by atoms with Crippen LogP contribution >= 0.6 is 0 Å². The van der Waals surface area contributed by atoms with Crippen molar-refractivity contribution in [3.63, 3.8) is 0 Å². The van der Waals surface area contributed by atoms with Gasteiger partial charge in [0.2, 0.25) is 0 Å². The Balaban J connectivity index is 2.06. The predicted molar refractivity (Wildman–Crippen MR) is 66.6 cm³/mol. The number of alkyl halides is 3. The van der Waals surface area contributed by atoms with Gasteiger partial charge >= 0.3 is 6.18 Å². The second-order valence-electron chi connectivity index (χ2n) is 5.10. The van der Waals surface area contributed by atoms with Crippen molar-refractivity contribution in [2.24, 2.45) is 11.7 Å². The summed E-state index contributed by atoms with van der Waals surface area (Å²) in [4.78, 5) is 0. The van der Waals surface area contributed by atoms with Crippen molar-refractivity contribution in [1.29, 1.82) is 0 Å². The summed E-state index contributed by atoms with van der Waals surface area (Å²) in [5.41, 5.74) is 6.03. The monoisotopic (exact) mass is 273 g/mol. The lowest BCUT2D eigenvalue weighted by Crippen LogP contribution is -2.39. The molecule has 0 bridgehead atoms. The Hall–Kier alpha value is -1.07. The molecule has 1 saturated carbocycles. The minimum absolute atomic E-state index is 0.0606. The molecule has 0 radical (unpaired) electrons. The third-order valence-electron chi connectivity index (χ3n) is 3.51. The molecular formula is C14H18F3NO. The standard InChI is InChI=1S/C14H18F3NO/c1-19-13(10-5-6-10)12(18)8-9-3-2-4-11(7-9)14(15,16)17/h2-4,7,10,12-13H,5-6,8,18H2,1H3. The van der Waals surface area contributed by atoms with Gasteiger partial charge in [-0.3, -0.25) is 0 Å². The topological polar surface area (TPSA) is 35.2 Å². The van der Waals surface area contributed by atoms with Crippen LogP contribution < -0.4 is 5.73 Å². The lowest BCUT2D eigenvalue weighted by Gasteiger charge is -2.22. The molecule has 0 amide bonds. The summed E-state index contributed by atoms with van der Waals surface area (Å²) in [6.07, 6.45) is -1.78. The molecule has 2 atom stereocenters. The lowest BCUT2D eigenvalue weighted by atomic mass is 9.98. The van der Waals surface area contributed by atoms with Gasteiger partial charge in [0.15, 0.2) is 0 Å². The zero-order valence-corrected chi connectivity index (χ0v) is 10.8. The molecule has 106 valence electrons. The van der Waals surface area contributed by atoms with Crippen molar-refractivity contribution in [2.75, 3.05) is 7.11 Å². The molecule has 1 fully saturated rings. The molecule has 1 aromatic carbocycles. The molecule has 2 unspecified atom stereocenters. The van der Waals surface area contributed by atoms with Gasteiger partial charge in [-0.05, 0) is 36.8 Å². The lowest BCUT2D eigenvalue weighted by molar-refractivity contribution is -0.137. The quantitative estimate of drug-likeness (QED) is 0.895. The zero-order valence-electron chi connectivity index (χ0n) is 10.8. The first-order chi connectivity index (χ1) is 8.91. The van der Waals surface area contributed by atoms with Crippen molar-refractivity contribution in [3.8, 4) is 0 Å². The number of hydrogen-bond donors (Lipinski definition) is 1. The average Bonchev–Trinajstić information content (AvgIpc) is 3.13. The Morgan fingerprint density at radius 1 is 1.37 bits per heavy atom. The molecule has 0 heterocycles. The van der Waals surface area contributed by atoms with Crippen LogP contribution in [-0.4, -0.2) is 19.3 Å². The van der Waals surface area contributed by atoms with E-state index in [-0.39, 0.29) is 12.1 Å². The molecule has 2 N–H and O–H groups in total. The van der Waals surface area contributed by atoms with Gasteiger partial charge in [0, 0.05) is 13.2 Å². The first kappa shape index (κ1) is 14.3. The fourth-order valence-electron chi connectivity index (χ4n) is 2.40. The highest BCUT2D eigenvalue weighted by Crippen LogP contribution is 2.36. The summed E-state index contributed by atoms with van der Waals surface area (Å²) >= 11 is 0. The van der Waals surface area contributed by atoms with Gasteiger partial charge in [0.05, 0.1) is 11.7 Å². The van der Waals surface area contributed by atoms with Crippen molar-refractivity contribution in [3.05, 3.63) is 35.4 Å². The molecule has 0 aromatic heterocycles. The zero-order chi connectivity index (χ0) is 14.0. The molecule has 1 aliphatic carbocycles. The van der Waals surface area contributed by atoms with E-state index in [0.717, 1.165) is 18.9 Å². The number of ether oxygens (including phenoxy) is 1. The number of halogens is 3. The van der Waals surface area contributed by atoms with Crippen LogP contribution in [0.5, 0.6) is 0 Å². The summed E-state index contributed by atoms with van der Waals surface area (Å²) < 4.78 is 43.2. The van der Waals surface area contributed by atoms with Gasteiger partial charge < -0.3 is 10.5 Å². The van der Waals surface area contributed by atoms with E-state index in [1.165, 1.54) is 12.1 Å². The molecule has 0 aliphatic heterocycles. The van der Waals surface area contributed by atoms with Crippen LogP contribution in [0.1, 0.15) is 24.0 Å². The first-order valence-electron chi connectivity index (χ1n) is 6.36. The largest absolute Gasteiger partial charge is 0.416 e. The minimum atomic E-state index is -4.31. The SMILES string of the molecule is COC(C(N)Cc1cccc(C(F)(F)F)c1)C1CC1. The van der Waals surface area contributed by atoms with E-state index in [1.807, 2.05) is 0 Å². The van der Waals surface area contributed by atoms with E-state index in [2.05, 4.69) is 0 Å². The van der Waals surface area contributed by atoms with E-state index in [0.29, 0.717) is 17.9 Å². The van der Waals surface area contributed by atoms with E-state index in [1.54, 1.807) is 13.2 Å². The van der Waals surface area contributed by atoms with Crippen molar-refractivity contribution < 1.29 is 17.9 Å². The Bertz CT molecular complexity index is 429. The molecule has 5 heteroatoms. The summed E-state index contributed by atoms with van der Waals surface area (Å²) in [5, 5.41) is 0. The third-order valence-corrected chi connectivity index (χ3v) is 3.51. The molecule has 0 saturated heterocycles. The van der Waals surface area contributed by atoms with Crippen molar-refractivity contribution in [1.82, 2.24) is 0 Å². The Labute approximate surface area is 110 Å². The summed E-state index contributed by atoms with van der Waals surface area (Å²) in [6, 6.07) is 5.07. The van der Waals surface area contributed by atoms with Crippen molar-refractivity contribution >= 4 is 0 Å². The van der Waals surface area contributed by atoms with E-state index >= 15 is 0 Å². The van der Waals surface area contributed by atoms with Crippen LogP contribution in [0.3, 0.4) is 0 Å². The minimum Gasteiger partial charge on any atom is -0.380 e. The van der Waals surface area contributed by atoms with E-state index < -0.39 is 11.7 Å². The highest BCUT2D eigenvalue weighted by Gasteiger charge is 2.35. The first-order valence-corrected chi connectivity index (χ1v) is 6.36. The molecule has 2 rings (SSSR count). The van der Waals surface area contributed by atoms with E-state index in [9.17, 15) is 13.2 Å². The molecule has 1 aromatic rings. The number of rotatable bonds is 5. The van der Waals surface area contributed by atoms with Gasteiger partial charge in [-0.25, -0.2) is 0 Å². The number of methoxy groups -OCH3 is 1. The third kappa shape index (κ3) is 3.70. The van der Waals surface area contributed by atoms with Crippen LogP contribution in [0.4, 0.5) is 13.2 Å². The van der Waals surface area contributed by atoms with Gasteiger partial charge in [-0.15, -0.1) is 0 Å². The van der Waals surface area contributed by atoms with Gasteiger partial charge in [-0.2, -0.15) is 13.2 Å². The second-order valence-corrected chi connectivity index (χ2v) is 5.10. The number of benzene rings is 1. The van der Waals surface area contributed by atoms with Crippen molar-refractivity contribution in [2.45, 2.75) is 37.6 Å². The van der Waals surface area contributed by atoms with Gasteiger partial charge in [-0.1, -0.05) is 18.2 Å². The highest BCUT2D eigenvalue weighted by atomic mass is 19.4. The fourth-order valence-corrected chi connectivity index (χ4v) is 2.40. The van der Waals surface area contributed by atoms with Crippen LogP contribution in [0.2, 0.25) is 0 Å². The predicted octanol–water partition coefficient (Wildman–Crippen LogP) is 3.00. The Morgan fingerprint density at radius 3 is 2.58 bits per heavy atom. The molecular weight excluding hydrogens is 255 g/mol. The molecule has 0 spiro atoms. The second kappa shape index (κ2) is 5.51. The molecule has 1 aliphatic rings. The maximum absolute atomic E-state index is 12.6. The highest BCUT2D eigenvalue weighted by molar-refractivity contribution is 5.26. The van der Waals surface area contributed by atoms with E-state index in [4.69, 9.17) is 10.5 Å². The summed E-state index contributed by atoms with van der Waals surface area (Å²) in [6.45, 7) is 0. The summed E-state index contributed by atoms with van der Waals surface area (Å²) in [7, 11) is 1.61. The van der Waals surface area contributed by atoms with Gasteiger partial charge in [0.1, 0.15) is 0 Å². The average molecular weight is 273 g/mol. The normalized spacial score (nSPS) is 19.2. The summed E-state index contributed by atoms with van der Waals surface area (Å²) in [5.74, 6) is 0.464. The molecule has 2 nitrogen and oxygen atoms in total. The van der Waals surface area contributed by atoms with Crippen LogP contribution in [0, 0.1) is 5.92 Å². The Kier molecular flexibility index (Phi) is 4.16.